The fraction of sp³-hybridized carbons (Fsp3) is 0.500. The van der Waals surface area contributed by atoms with Gasteiger partial charge in [0, 0.05) is 6.54 Å². The van der Waals surface area contributed by atoms with Crippen LogP contribution in [0.4, 0.5) is 0 Å². The number of benzene rings is 1. The molecule has 0 aliphatic carbocycles. The van der Waals surface area contributed by atoms with Crippen LogP contribution in [0, 0.1) is 0 Å². The second-order valence-electron chi connectivity index (χ2n) is 4.19. The van der Waals surface area contributed by atoms with Gasteiger partial charge in [0.25, 0.3) is 0 Å². The van der Waals surface area contributed by atoms with Crippen LogP contribution in [0.1, 0.15) is 12.0 Å². The SMILES string of the molecule is CN(CCCN)Cc1cc(Cl)c2c(c1)OCO2. The maximum atomic E-state index is 6.12. The second-order valence-corrected chi connectivity index (χ2v) is 4.60. The number of nitrogens with zero attached hydrogens (tertiary/aromatic N) is 1. The van der Waals surface area contributed by atoms with Crippen LogP contribution in [-0.4, -0.2) is 31.8 Å². The van der Waals surface area contributed by atoms with E-state index < -0.39 is 0 Å². The standard InChI is InChI=1S/C12H17ClN2O2/c1-15(4-2-3-14)7-9-5-10(13)12-11(6-9)16-8-17-12/h5-6H,2-4,7-8,14H2,1H3. The van der Waals surface area contributed by atoms with Crippen LogP contribution in [0.3, 0.4) is 0 Å². The zero-order chi connectivity index (χ0) is 12.3. The summed E-state index contributed by atoms with van der Waals surface area (Å²) in [6, 6.07) is 3.90. The Morgan fingerprint density at radius 1 is 1.41 bits per heavy atom. The van der Waals surface area contributed by atoms with E-state index in [1.54, 1.807) is 0 Å². The van der Waals surface area contributed by atoms with Gasteiger partial charge in [-0.25, -0.2) is 0 Å². The molecule has 0 unspecified atom stereocenters. The van der Waals surface area contributed by atoms with Crippen molar-refractivity contribution in [3.05, 3.63) is 22.7 Å². The highest BCUT2D eigenvalue weighted by atomic mass is 35.5. The van der Waals surface area contributed by atoms with Crippen molar-refractivity contribution in [3.63, 3.8) is 0 Å². The molecule has 1 aromatic rings. The minimum Gasteiger partial charge on any atom is -0.454 e. The van der Waals surface area contributed by atoms with Crippen molar-refractivity contribution in [1.29, 1.82) is 0 Å². The molecule has 1 aliphatic heterocycles. The normalized spacial score (nSPS) is 13.4. The Labute approximate surface area is 106 Å². The Bertz CT molecular complexity index is 398. The fourth-order valence-corrected chi connectivity index (χ4v) is 2.15. The Hall–Kier alpha value is -0.970. The number of hydrogen-bond donors (Lipinski definition) is 1. The third-order valence-electron chi connectivity index (χ3n) is 2.68. The molecule has 4 nitrogen and oxygen atoms in total. The number of nitrogens with two attached hydrogens (primary N) is 1. The van der Waals surface area contributed by atoms with Gasteiger partial charge < -0.3 is 20.1 Å². The molecule has 1 aliphatic rings. The summed E-state index contributed by atoms with van der Waals surface area (Å²) in [4.78, 5) is 2.21. The number of halogens is 1. The summed E-state index contributed by atoms with van der Waals surface area (Å²) < 4.78 is 10.6. The molecule has 2 rings (SSSR count). The first kappa shape index (κ1) is 12.5. The molecule has 94 valence electrons. The lowest BCUT2D eigenvalue weighted by Gasteiger charge is -2.16. The van der Waals surface area contributed by atoms with Crippen LogP contribution < -0.4 is 15.2 Å². The second kappa shape index (κ2) is 5.58. The van der Waals surface area contributed by atoms with Crippen LogP contribution in [0.5, 0.6) is 11.5 Å². The molecule has 1 aromatic carbocycles. The maximum absolute atomic E-state index is 6.12. The third-order valence-corrected chi connectivity index (χ3v) is 2.96. The van der Waals surface area contributed by atoms with Gasteiger partial charge >= 0.3 is 0 Å². The summed E-state index contributed by atoms with van der Waals surface area (Å²) in [5.41, 5.74) is 6.61. The van der Waals surface area contributed by atoms with E-state index in [1.165, 1.54) is 0 Å². The largest absolute Gasteiger partial charge is 0.454 e. The number of fused-ring (bicyclic) bond motifs is 1. The van der Waals surface area contributed by atoms with Gasteiger partial charge in [-0.3, -0.25) is 0 Å². The Morgan fingerprint density at radius 3 is 3.00 bits per heavy atom. The fourth-order valence-electron chi connectivity index (χ4n) is 1.86. The monoisotopic (exact) mass is 256 g/mol. The highest BCUT2D eigenvalue weighted by Crippen LogP contribution is 2.39. The predicted molar refractivity (Wildman–Crippen MR) is 67.6 cm³/mol. The van der Waals surface area contributed by atoms with Crippen molar-refractivity contribution < 1.29 is 9.47 Å². The number of hydrogen-bond acceptors (Lipinski definition) is 4. The van der Waals surface area contributed by atoms with Crippen molar-refractivity contribution in [2.24, 2.45) is 5.73 Å². The van der Waals surface area contributed by atoms with E-state index in [2.05, 4.69) is 11.9 Å². The van der Waals surface area contributed by atoms with Gasteiger partial charge in [-0.05, 0) is 44.3 Å². The van der Waals surface area contributed by atoms with Crippen LogP contribution in [-0.2, 0) is 6.54 Å². The first-order valence-electron chi connectivity index (χ1n) is 5.67. The average Bonchev–Trinajstić information content (AvgIpc) is 2.75. The van der Waals surface area contributed by atoms with Crippen molar-refractivity contribution in [2.75, 3.05) is 26.9 Å². The van der Waals surface area contributed by atoms with Gasteiger partial charge in [0.2, 0.25) is 6.79 Å². The molecular weight excluding hydrogens is 240 g/mol. The predicted octanol–water partition coefficient (Wildman–Crippen LogP) is 1.85. The molecule has 0 bridgehead atoms. The van der Waals surface area contributed by atoms with Crippen molar-refractivity contribution in [3.8, 4) is 11.5 Å². The Morgan fingerprint density at radius 2 is 2.24 bits per heavy atom. The highest BCUT2D eigenvalue weighted by molar-refractivity contribution is 6.32. The molecule has 0 amide bonds. The van der Waals surface area contributed by atoms with Gasteiger partial charge in [0.05, 0.1) is 5.02 Å². The van der Waals surface area contributed by atoms with E-state index in [1.807, 2.05) is 12.1 Å². The molecular formula is C12H17ClN2O2. The molecule has 0 fully saturated rings. The van der Waals surface area contributed by atoms with Crippen LogP contribution in [0.25, 0.3) is 0 Å². The topological polar surface area (TPSA) is 47.7 Å². The molecule has 0 atom stereocenters. The van der Waals surface area contributed by atoms with E-state index >= 15 is 0 Å². The first-order valence-corrected chi connectivity index (χ1v) is 6.05. The van der Waals surface area contributed by atoms with Gasteiger partial charge in [-0.15, -0.1) is 0 Å². The summed E-state index contributed by atoms with van der Waals surface area (Å²) in [6.07, 6.45) is 0.995. The quantitative estimate of drug-likeness (QED) is 0.874. The molecule has 0 saturated heterocycles. The Kier molecular flexibility index (Phi) is 4.10. The lowest BCUT2D eigenvalue weighted by atomic mass is 10.2. The summed E-state index contributed by atoms with van der Waals surface area (Å²) in [5.74, 6) is 1.39. The molecule has 0 spiro atoms. The smallest absolute Gasteiger partial charge is 0.231 e. The van der Waals surface area contributed by atoms with Gasteiger partial charge in [0.1, 0.15) is 0 Å². The molecule has 17 heavy (non-hydrogen) atoms. The average molecular weight is 257 g/mol. The maximum Gasteiger partial charge on any atom is 0.231 e. The number of rotatable bonds is 5. The van der Waals surface area contributed by atoms with Crippen LogP contribution in [0.15, 0.2) is 12.1 Å². The first-order chi connectivity index (χ1) is 8.20. The van der Waals surface area contributed by atoms with E-state index in [0.717, 1.165) is 30.8 Å². The van der Waals surface area contributed by atoms with E-state index in [4.69, 9.17) is 26.8 Å². The molecule has 0 saturated carbocycles. The minimum atomic E-state index is 0.252. The summed E-state index contributed by atoms with van der Waals surface area (Å²) >= 11 is 6.12. The van der Waals surface area contributed by atoms with Crippen LogP contribution in [0.2, 0.25) is 5.02 Å². The van der Waals surface area contributed by atoms with Gasteiger partial charge in [-0.1, -0.05) is 11.6 Å². The van der Waals surface area contributed by atoms with E-state index in [0.29, 0.717) is 17.3 Å². The number of ether oxygens (including phenoxy) is 2. The summed E-state index contributed by atoms with van der Waals surface area (Å²) in [7, 11) is 2.06. The zero-order valence-corrected chi connectivity index (χ0v) is 10.7. The van der Waals surface area contributed by atoms with Crippen molar-refractivity contribution in [2.45, 2.75) is 13.0 Å². The van der Waals surface area contributed by atoms with Crippen molar-refractivity contribution >= 4 is 11.6 Å². The summed E-state index contributed by atoms with van der Waals surface area (Å²) in [5, 5.41) is 0.613. The molecule has 0 aromatic heterocycles. The van der Waals surface area contributed by atoms with Crippen molar-refractivity contribution in [1.82, 2.24) is 4.90 Å². The van der Waals surface area contributed by atoms with Crippen LogP contribution >= 0.6 is 11.6 Å². The van der Waals surface area contributed by atoms with E-state index in [9.17, 15) is 0 Å². The zero-order valence-electron chi connectivity index (χ0n) is 9.91. The Balaban J connectivity index is 2.04. The summed E-state index contributed by atoms with van der Waals surface area (Å²) in [6.45, 7) is 2.77. The third kappa shape index (κ3) is 3.03. The molecule has 5 heteroatoms. The minimum absolute atomic E-state index is 0.252. The highest BCUT2D eigenvalue weighted by Gasteiger charge is 2.18. The molecule has 0 radical (unpaired) electrons. The van der Waals surface area contributed by atoms with Gasteiger partial charge in [-0.2, -0.15) is 0 Å². The molecule has 1 heterocycles. The van der Waals surface area contributed by atoms with Gasteiger partial charge in [0.15, 0.2) is 11.5 Å². The molecule has 2 N–H and O–H groups in total. The lowest BCUT2D eigenvalue weighted by Crippen LogP contribution is -2.21. The van der Waals surface area contributed by atoms with E-state index in [-0.39, 0.29) is 6.79 Å². The lowest BCUT2D eigenvalue weighted by molar-refractivity contribution is 0.174.